The molecular formula is C12H26N2O. The molecule has 0 fully saturated rings. The molecule has 0 radical (unpaired) electrons. The highest BCUT2D eigenvalue weighted by molar-refractivity contribution is 5.76. The molecule has 90 valence electrons. The number of rotatable bonds is 6. The van der Waals surface area contributed by atoms with Crippen molar-refractivity contribution >= 4 is 5.91 Å². The zero-order chi connectivity index (χ0) is 12.0. The van der Waals surface area contributed by atoms with E-state index in [2.05, 4.69) is 20.8 Å². The van der Waals surface area contributed by atoms with Crippen LogP contribution in [0.1, 0.15) is 47.0 Å². The summed E-state index contributed by atoms with van der Waals surface area (Å²) in [5, 5.41) is 0. The lowest BCUT2D eigenvalue weighted by Crippen LogP contribution is -2.38. The van der Waals surface area contributed by atoms with E-state index in [4.69, 9.17) is 5.73 Å². The van der Waals surface area contributed by atoms with Gasteiger partial charge in [-0.15, -0.1) is 0 Å². The lowest BCUT2D eigenvalue weighted by molar-refractivity contribution is -0.132. The van der Waals surface area contributed by atoms with Gasteiger partial charge in [0.1, 0.15) is 0 Å². The van der Waals surface area contributed by atoms with Crippen molar-refractivity contribution in [2.45, 2.75) is 59.0 Å². The molecule has 15 heavy (non-hydrogen) atoms. The average molecular weight is 214 g/mol. The van der Waals surface area contributed by atoms with Gasteiger partial charge in [0.05, 0.1) is 0 Å². The quantitative estimate of drug-likeness (QED) is 0.735. The highest BCUT2D eigenvalue weighted by Gasteiger charge is 2.17. The average Bonchev–Trinajstić information content (AvgIpc) is 2.14. The van der Waals surface area contributed by atoms with Crippen molar-refractivity contribution < 1.29 is 4.79 Å². The lowest BCUT2D eigenvalue weighted by atomic mass is 10.0. The number of nitrogens with zero attached hydrogens (tertiary/aromatic N) is 1. The van der Waals surface area contributed by atoms with Gasteiger partial charge in [-0.05, 0) is 32.6 Å². The van der Waals surface area contributed by atoms with Crippen LogP contribution in [0.3, 0.4) is 0 Å². The highest BCUT2D eigenvalue weighted by atomic mass is 16.2. The first-order valence-electron chi connectivity index (χ1n) is 5.87. The van der Waals surface area contributed by atoms with Crippen molar-refractivity contribution in [1.82, 2.24) is 4.90 Å². The summed E-state index contributed by atoms with van der Waals surface area (Å²) in [5.74, 6) is 0.740. The summed E-state index contributed by atoms with van der Waals surface area (Å²) in [6, 6.07) is 0.512. The van der Waals surface area contributed by atoms with E-state index < -0.39 is 0 Å². The number of nitrogens with two attached hydrogens (primary N) is 1. The number of amides is 1. The maximum Gasteiger partial charge on any atom is 0.222 e. The first-order chi connectivity index (χ1) is 6.86. The first kappa shape index (κ1) is 14.4. The molecule has 0 saturated carbocycles. The van der Waals surface area contributed by atoms with E-state index >= 15 is 0 Å². The SMILES string of the molecule is CC(N)CCCC(=O)N(C)C(C)C(C)C. The fraction of sp³-hybridized carbons (Fsp3) is 0.917. The van der Waals surface area contributed by atoms with E-state index in [1.165, 1.54) is 0 Å². The van der Waals surface area contributed by atoms with E-state index in [1.54, 1.807) is 0 Å². The maximum absolute atomic E-state index is 11.8. The Bertz CT molecular complexity index is 190. The molecule has 3 heteroatoms. The van der Waals surface area contributed by atoms with Crippen molar-refractivity contribution in [3.05, 3.63) is 0 Å². The van der Waals surface area contributed by atoms with Crippen LogP contribution in [0.2, 0.25) is 0 Å². The minimum atomic E-state index is 0.200. The Labute approximate surface area is 94.0 Å². The molecule has 0 bridgehead atoms. The molecule has 0 aromatic carbocycles. The highest BCUT2D eigenvalue weighted by Crippen LogP contribution is 2.10. The number of hydrogen-bond donors (Lipinski definition) is 1. The van der Waals surface area contributed by atoms with E-state index in [0.717, 1.165) is 12.8 Å². The molecule has 0 spiro atoms. The Kier molecular flexibility index (Phi) is 6.57. The molecule has 0 saturated heterocycles. The Morgan fingerprint density at radius 3 is 2.20 bits per heavy atom. The summed E-state index contributed by atoms with van der Waals surface area (Å²) >= 11 is 0. The van der Waals surface area contributed by atoms with Gasteiger partial charge in [-0.25, -0.2) is 0 Å². The number of carbonyl (C=O) groups is 1. The predicted molar refractivity (Wildman–Crippen MR) is 64.6 cm³/mol. The second kappa shape index (κ2) is 6.83. The summed E-state index contributed by atoms with van der Waals surface area (Å²) in [5.41, 5.74) is 5.64. The molecule has 0 aromatic rings. The molecule has 0 aliphatic rings. The molecule has 0 aliphatic carbocycles. The van der Waals surface area contributed by atoms with Crippen molar-refractivity contribution in [1.29, 1.82) is 0 Å². The monoisotopic (exact) mass is 214 g/mol. The van der Waals surface area contributed by atoms with Crippen molar-refractivity contribution in [2.75, 3.05) is 7.05 Å². The normalized spacial score (nSPS) is 15.1. The maximum atomic E-state index is 11.8. The van der Waals surface area contributed by atoms with Gasteiger partial charge in [-0.2, -0.15) is 0 Å². The molecule has 2 atom stereocenters. The molecule has 0 rings (SSSR count). The van der Waals surface area contributed by atoms with Crippen molar-refractivity contribution in [2.24, 2.45) is 11.7 Å². The molecule has 0 heterocycles. The van der Waals surface area contributed by atoms with Crippen LogP contribution in [-0.4, -0.2) is 29.9 Å². The van der Waals surface area contributed by atoms with Crippen molar-refractivity contribution in [3.8, 4) is 0 Å². The Hall–Kier alpha value is -0.570. The van der Waals surface area contributed by atoms with Crippen LogP contribution >= 0.6 is 0 Å². The standard InChI is InChI=1S/C12H26N2O/c1-9(2)11(4)14(5)12(15)8-6-7-10(3)13/h9-11H,6-8,13H2,1-5H3. The van der Waals surface area contributed by atoms with Gasteiger partial charge in [0.2, 0.25) is 5.91 Å². The third-order valence-electron chi connectivity index (χ3n) is 3.02. The second-order valence-electron chi connectivity index (χ2n) is 4.86. The third-order valence-corrected chi connectivity index (χ3v) is 3.02. The minimum Gasteiger partial charge on any atom is -0.343 e. The van der Waals surface area contributed by atoms with Crippen LogP contribution in [0.4, 0.5) is 0 Å². The Morgan fingerprint density at radius 1 is 1.27 bits per heavy atom. The lowest BCUT2D eigenvalue weighted by Gasteiger charge is -2.28. The van der Waals surface area contributed by atoms with Crippen LogP contribution in [-0.2, 0) is 4.79 Å². The van der Waals surface area contributed by atoms with Crippen LogP contribution in [0.5, 0.6) is 0 Å². The van der Waals surface area contributed by atoms with Gasteiger partial charge in [0, 0.05) is 25.6 Å². The fourth-order valence-electron chi connectivity index (χ4n) is 1.43. The van der Waals surface area contributed by atoms with Crippen LogP contribution in [0.15, 0.2) is 0 Å². The van der Waals surface area contributed by atoms with Crippen LogP contribution < -0.4 is 5.73 Å². The number of carbonyl (C=O) groups excluding carboxylic acids is 1. The Morgan fingerprint density at radius 2 is 1.80 bits per heavy atom. The van der Waals surface area contributed by atoms with Gasteiger partial charge >= 0.3 is 0 Å². The van der Waals surface area contributed by atoms with Crippen LogP contribution in [0, 0.1) is 5.92 Å². The third kappa shape index (κ3) is 5.78. The number of hydrogen-bond acceptors (Lipinski definition) is 2. The Balaban J connectivity index is 3.89. The largest absolute Gasteiger partial charge is 0.343 e. The summed E-state index contributed by atoms with van der Waals surface area (Å²) < 4.78 is 0. The van der Waals surface area contributed by atoms with Gasteiger partial charge in [0.25, 0.3) is 0 Å². The topological polar surface area (TPSA) is 46.3 Å². The van der Waals surface area contributed by atoms with Gasteiger partial charge in [-0.3, -0.25) is 4.79 Å². The van der Waals surface area contributed by atoms with E-state index in [-0.39, 0.29) is 11.9 Å². The van der Waals surface area contributed by atoms with E-state index in [1.807, 2.05) is 18.9 Å². The smallest absolute Gasteiger partial charge is 0.222 e. The van der Waals surface area contributed by atoms with E-state index in [9.17, 15) is 4.79 Å². The molecule has 3 nitrogen and oxygen atoms in total. The molecule has 2 unspecified atom stereocenters. The summed E-state index contributed by atoms with van der Waals surface area (Å²) in [7, 11) is 1.89. The molecule has 0 aromatic heterocycles. The molecule has 1 amide bonds. The molecule has 0 aliphatic heterocycles. The van der Waals surface area contributed by atoms with Gasteiger partial charge in [-0.1, -0.05) is 13.8 Å². The fourth-order valence-corrected chi connectivity index (χ4v) is 1.43. The zero-order valence-electron chi connectivity index (χ0n) is 10.8. The van der Waals surface area contributed by atoms with Crippen molar-refractivity contribution in [3.63, 3.8) is 0 Å². The predicted octanol–water partition coefficient (Wildman–Crippen LogP) is 2.01. The second-order valence-corrected chi connectivity index (χ2v) is 4.86. The van der Waals surface area contributed by atoms with Crippen LogP contribution in [0.25, 0.3) is 0 Å². The van der Waals surface area contributed by atoms with E-state index in [0.29, 0.717) is 18.4 Å². The first-order valence-corrected chi connectivity index (χ1v) is 5.87. The van der Waals surface area contributed by atoms with Gasteiger partial charge in [0.15, 0.2) is 0 Å². The van der Waals surface area contributed by atoms with Gasteiger partial charge < -0.3 is 10.6 Å². The minimum absolute atomic E-state index is 0.200. The zero-order valence-corrected chi connectivity index (χ0v) is 10.8. The molecular weight excluding hydrogens is 188 g/mol. The molecule has 2 N–H and O–H groups in total. The summed E-state index contributed by atoms with van der Waals surface area (Å²) in [6.45, 7) is 8.34. The summed E-state index contributed by atoms with van der Waals surface area (Å²) in [6.07, 6.45) is 2.44. The summed E-state index contributed by atoms with van der Waals surface area (Å²) in [4.78, 5) is 13.6.